The Balaban J connectivity index is 1.79. The third kappa shape index (κ3) is 2.14. The van der Waals surface area contributed by atoms with Crippen LogP contribution in [0.25, 0.3) is 10.9 Å². The third-order valence-electron chi connectivity index (χ3n) is 3.33. The average Bonchev–Trinajstić information content (AvgIpc) is 2.34. The number of nitrogens with one attached hydrogen (secondary N) is 2. The minimum Gasteiger partial charge on any atom is -0.335 e. The molecule has 0 atom stereocenters. The van der Waals surface area contributed by atoms with Crippen molar-refractivity contribution in [3.8, 4) is 0 Å². The van der Waals surface area contributed by atoms with Crippen LogP contribution in [-0.2, 0) is 0 Å². The zero-order chi connectivity index (χ0) is 12.4. The quantitative estimate of drug-likeness (QED) is 0.849. The van der Waals surface area contributed by atoms with E-state index in [1.54, 1.807) is 6.20 Å². The van der Waals surface area contributed by atoms with Crippen LogP contribution in [0.4, 0.5) is 10.5 Å². The van der Waals surface area contributed by atoms with Gasteiger partial charge in [-0.2, -0.15) is 0 Å². The summed E-state index contributed by atoms with van der Waals surface area (Å²) in [5, 5.41) is 6.81. The molecule has 1 aliphatic rings. The van der Waals surface area contributed by atoms with E-state index < -0.39 is 0 Å². The number of nitrogens with zero attached hydrogens (tertiary/aromatic N) is 1. The van der Waals surface area contributed by atoms with Crippen molar-refractivity contribution in [2.24, 2.45) is 0 Å². The molecule has 4 nitrogen and oxygen atoms in total. The van der Waals surface area contributed by atoms with E-state index in [1.165, 1.54) is 6.42 Å². The van der Waals surface area contributed by atoms with Crippen molar-refractivity contribution in [2.75, 3.05) is 5.32 Å². The highest BCUT2D eigenvalue weighted by Gasteiger charge is 2.19. The molecule has 2 amide bonds. The van der Waals surface area contributed by atoms with Crippen LogP contribution in [-0.4, -0.2) is 17.1 Å². The molecule has 2 N–H and O–H groups in total. The Morgan fingerprint density at radius 1 is 1.22 bits per heavy atom. The van der Waals surface area contributed by atoms with Crippen LogP contribution in [0.5, 0.6) is 0 Å². The minimum absolute atomic E-state index is 0.129. The van der Waals surface area contributed by atoms with Gasteiger partial charge in [-0.3, -0.25) is 4.98 Å². The van der Waals surface area contributed by atoms with Gasteiger partial charge in [0.15, 0.2) is 0 Å². The minimum atomic E-state index is -0.129. The van der Waals surface area contributed by atoms with Crippen molar-refractivity contribution in [1.82, 2.24) is 10.3 Å². The number of anilines is 1. The first kappa shape index (κ1) is 11.0. The summed E-state index contributed by atoms with van der Waals surface area (Å²) in [6.45, 7) is 0. The summed E-state index contributed by atoms with van der Waals surface area (Å²) in [5.41, 5.74) is 1.69. The SMILES string of the molecule is O=C(Nc1cccc2ncccc12)NC1CCC1. The molecule has 1 heterocycles. The standard InChI is InChI=1S/C14H15N3O/c18-14(16-10-4-1-5-10)17-13-8-2-7-12-11(13)6-3-9-15-12/h2-3,6-10H,1,4-5H2,(H2,16,17,18). The summed E-state index contributed by atoms with van der Waals surface area (Å²) < 4.78 is 0. The molecule has 0 aliphatic heterocycles. The molecule has 0 radical (unpaired) electrons. The summed E-state index contributed by atoms with van der Waals surface area (Å²) in [4.78, 5) is 16.1. The summed E-state index contributed by atoms with van der Waals surface area (Å²) >= 11 is 0. The number of rotatable bonds is 2. The number of aromatic nitrogens is 1. The average molecular weight is 241 g/mol. The molecule has 1 aromatic heterocycles. The van der Waals surface area contributed by atoms with Gasteiger partial charge in [0.25, 0.3) is 0 Å². The zero-order valence-electron chi connectivity index (χ0n) is 10.0. The van der Waals surface area contributed by atoms with Crippen LogP contribution in [0, 0.1) is 0 Å². The van der Waals surface area contributed by atoms with Gasteiger partial charge < -0.3 is 10.6 Å². The molecule has 4 heteroatoms. The first-order chi connectivity index (χ1) is 8.83. The van der Waals surface area contributed by atoms with E-state index in [0.29, 0.717) is 6.04 Å². The normalized spacial score (nSPS) is 15.1. The number of hydrogen-bond acceptors (Lipinski definition) is 2. The molecular weight excluding hydrogens is 226 g/mol. The van der Waals surface area contributed by atoms with Gasteiger partial charge in [0, 0.05) is 17.6 Å². The van der Waals surface area contributed by atoms with Gasteiger partial charge in [0.1, 0.15) is 0 Å². The maximum absolute atomic E-state index is 11.8. The maximum Gasteiger partial charge on any atom is 0.319 e. The Labute approximate surface area is 105 Å². The fraction of sp³-hybridized carbons (Fsp3) is 0.286. The first-order valence-corrected chi connectivity index (χ1v) is 6.24. The van der Waals surface area contributed by atoms with Gasteiger partial charge in [-0.05, 0) is 43.5 Å². The van der Waals surface area contributed by atoms with E-state index in [2.05, 4.69) is 15.6 Å². The fourth-order valence-corrected chi connectivity index (χ4v) is 2.11. The van der Waals surface area contributed by atoms with E-state index >= 15 is 0 Å². The van der Waals surface area contributed by atoms with E-state index in [9.17, 15) is 4.79 Å². The van der Waals surface area contributed by atoms with Crippen molar-refractivity contribution < 1.29 is 4.79 Å². The van der Waals surface area contributed by atoms with Crippen LogP contribution in [0.15, 0.2) is 36.5 Å². The smallest absolute Gasteiger partial charge is 0.319 e. The Morgan fingerprint density at radius 3 is 2.89 bits per heavy atom. The first-order valence-electron chi connectivity index (χ1n) is 6.24. The molecule has 0 bridgehead atoms. The number of carbonyl (C=O) groups excluding carboxylic acids is 1. The Kier molecular flexibility index (Phi) is 2.84. The van der Waals surface area contributed by atoms with Crippen molar-refractivity contribution in [1.29, 1.82) is 0 Å². The zero-order valence-corrected chi connectivity index (χ0v) is 10.0. The molecule has 18 heavy (non-hydrogen) atoms. The number of carbonyl (C=O) groups is 1. The number of fused-ring (bicyclic) bond motifs is 1. The molecule has 1 aliphatic carbocycles. The molecule has 1 saturated carbocycles. The summed E-state index contributed by atoms with van der Waals surface area (Å²) in [6.07, 6.45) is 5.14. The van der Waals surface area contributed by atoms with Gasteiger partial charge in [-0.15, -0.1) is 0 Å². The predicted octanol–water partition coefficient (Wildman–Crippen LogP) is 2.91. The van der Waals surface area contributed by atoms with Crippen molar-refractivity contribution in [3.63, 3.8) is 0 Å². The van der Waals surface area contributed by atoms with Crippen LogP contribution in [0.3, 0.4) is 0 Å². The van der Waals surface area contributed by atoms with Gasteiger partial charge in [-0.1, -0.05) is 6.07 Å². The van der Waals surface area contributed by atoms with Gasteiger partial charge in [0.2, 0.25) is 0 Å². The van der Waals surface area contributed by atoms with Crippen LogP contribution in [0.1, 0.15) is 19.3 Å². The molecule has 3 rings (SSSR count). The van der Waals surface area contributed by atoms with Gasteiger partial charge >= 0.3 is 6.03 Å². The Hall–Kier alpha value is -2.10. The third-order valence-corrected chi connectivity index (χ3v) is 3.33. The van der Waals surface area contributed by atoms with Crippen LogP contribution in [0.2, 0.25) is 0 Å². The maximum atomic E-state index is 11.8. The molecule has 1 fully saturated rings. The lowest BCUT2D eigenvalue weighted by Gasteiger charge is -2.26. The number of amides is 2. The Morgan fingerprint density at radius 2 is 2.11 bits per heavy atom. The highest BCUT2D eigenvalue weighted by Crippen LogP contribution is 2.22. The highest BCUT2D eigenvalue weighted by atomic mass is 16.2. The van der Waals surface area contributed by atoms with E-state index in [4.69, 9.17) is 0 Å². The van der Waals surface area contributed by atoms with E-state index in [1.807, 2.05) is 30.3 Å². The Bertz CT molecular complexity index is 573. The lowest BCUT2D eigenvalue weighted by Crippen LogP contribution is -2.41. The van der Waals surface area contributed by atoms with E-state index in [0.717, 1.165) is 29.4 Å². The molecular formula is C14H15N3O. The lowest BCUT2D eigenvalue weighted by atomic mass is 9.93. The van der Waals surface area contributed by atoms with E-state index in [-0.39, 0.29) is 6.03 Å². The van der Waals surface area contributed by atoms with Crippen LogP contribution < -0.4 is 10.6 Å². The molecule has 92 valence electrons. The molecule has 1 aromatic carbocycles. The predicted molar refractivity (Wildman–Crippen MR) is 71.5 cm³/mol. The second kappa shape index (κ2) is 4.64. The lowest BCUT2D eigenvalue weighted by molar-refractivity contribution is 0.240. The highest BCUT2D eigenvalue weighted by molar-refractivity contribution is 6.00. The second-order valence-electron chi connectivity index (χ2n) is 4.60. The number of benzene rings is 1. The molecule has 2 aromatic rings. The van der Waals surface area contributed by atoms with Gasteiger partial charge in [-0.25, -0.2) is 4.79 Å². The monoisotopic (exact) mass is 241 g/mol. The van der Waals surface area contributed by atoms with Crippen molar-refractivity contribution in [3.05, 3.63) is 36.5 Å². The summed E-state index contributed by atoms with van der Waals surface area (Å²) in [7, 11) is 0. The van der Waals surface area contributed by atoms with Crippen LogP contribution >= 0.6 is 0 Å². The number of pyridine rings is 1. The molecule has 0 spiro atoms. The second-order valence-corrected chi connectivity index (χ2v) is 4.60. The fourth-order valence-electron chi connectivity index (χ4n) is 2.11. The topological polar surface area (TPSA) is 54.0 Å². The van der Waals surface area contributed by atoms with Crippen molar-refractivity contribution in [2.45, 2.75) is 25.3 Å². The molecule has 0 saturated heterocycles. The summed E-state index contributed by atoms with van der Waals surface area (Å²) in [5.74, 6) is 0. The molecule has 0 unspecified atom stereocenters. The van der Waals surface area contributed by atoms with Crippen molar-refractivity contribution >= 4 is 22.6 Å². The summed E-state index contributed by atoms with van der Waals surface area (Å²) in [6, 6.07) is 9.77. The van der Waals surface area contributed by atoms with Gasteiger partial charge in [0.05, 0.1) is 11.2 Å². The number of hydrogen-bond donors (Lipinski definition) is 2. The largest absolute Gasteiger partial charge is 0.335 e. The number of urea groups is 1.